The second-order valence-electron chi connectivity index (χ2n) is 5.58. The van der Waals surface area contributed by atoms with Crippen molar-refractivity contribution in [2.45, 2.75) is 33.3 Å². The molecule has 0 fully saturated rings. The molecular formula is C14H17BNO3. The van der Waals surface area contributed by atoms with Crippen LogP contribution in [-0.2, 0) is 4.74 Å². The Morgan fingerprint density at radius 1 is 1.32 bits per heavy atom. The van der Waals surface area contributed by atoms with Gasteiger partial charge >= 0.3 is 13.6 Å². The summed E-state index contributed by atoms with van der Waals surface area (Å²) in [5.74, 6) is 0. The number of hydrogen-bond acceptors (Lipinski definition) is 3. The Morgan fingerprint density at radius 3 is 2.58 bits per heavy atom. The van der Waals surface area contributed by atoms with Gasteiger partial charge in [0.05, 0.1) is 5.52 Å². The van der Waals surface area contributed by atoms with E-state index in [0.717, 1.165) is 23.9 Å². The zero-order valence-electron chi connectivity index (χ0n) is 11.6. The Morgan fingerprint density at radius 2 is 2.00 bits per heavy atom. The fourth-order valence-corrected chi connectivity index (χ4v) is 1.96. The third-order valence-electron chi connectivity index (χ3n) is 2.69. The summed E-state index contributed by atoms with van der Waals surface area (Å²) in [5.41, 5.74) is 1.65. The second kappa shape index (κ2) is 4.74. The van der Waals surface area contributed by atoms with Gasteiger partial charge in [0.15, 0.2) is 0 Å². The molecule has 1 aromatic carbocycles. The number of aryl methyl sites for hydroxylation is 1. The first-order valence-corrected chi connectivity index (χ1v) is 6.15. The monoisotopic (exact) mass is 258 g/mol. The molecule has 2 rings (SSSR count). The number of hydrogen-bond donors (Lipinski definition) is 1. The molecule has 0 amide bonds. The van der Waals surface area contributed by atoms with E-state index < -0.39 is 11.7 Å². The summed E-state index contributed by atoms with van der Waals surface area (Å²) < 4.78 is 6.73. The number of nitrogens with zero attached hydrogens (tertiary/aromatic N) is 1. The van der Waals surface area contributed by atoms with E-state index in [1.165, 1.54) is 4.57 Å². The highest BCUT2D eigenvalue weighted by Crippen LogP contribution is 2.18. The van der Waals surface area contributed by atoms with Crippen LogP contribution in [0.15, 0.2) is 24.3 Å². The van der Waals surface area contributed by atoms with Crippen LogP contribution < -0.4 is 5.59 Å². The first-order valence-electron chi connectivity index (χ1n) is 6.15. The normalized spacial score (nSPS) is 11.6. The Bertz CT molecular complexity index is 625. The minimum absolute atomic E-state index is 0.412. The molecule has 4 nitrogen and oxygen atoms in total. The molecule has 1 aromatic heterocycles. The predicted molar refractivity (Wildman–Crippen MR) is 75.9 cm³/mol. The van der Waals surface area contributed by atoms with Crippen molar-refractivity contribution in [3.63, 3.8) is 0 Å². The van der Waals surface area contributed by atoms with Crippen molar-refractivity contribution in [2.24, 2.45) is 0 Å². The molecule has 0 aliphatic heterocycles. The summed E-state index contributed by atoms with van der Waals surface area (Å²) >= 11 is 0. The molecule has 0 aliphatic rings. The average molecular weight is 258 g/mol. The molecular weight excluding hydrogens is 241 g/mol. The molecule has 0 spiro atoms. The maximum absolute atomic E-state index is 12.2. The van der Waals surface area contributed by atoms with Crippen LogP contribution in [0.3, 0.4) is 0 Å². The van der Waals surface area contributed by atoms with Crippen LogP contribution in [0.25, 0.3) is 10.9 Å². The Hall–Kier alpha value is -1.75. The van der Waals surface area contributed by atoms with Gasteiger partial charge in [-0.1, -0.05) is 11.6 Å². The molecule has 1 radical (unpaired) electrons. The van der Waals surface area contributed by atoms with Gasteiger partial charge in [0.25, 0.3) is 0 Å². The third-order valence-corrected chi connectivity index (χ3v) is 2.69. The van der Waals surface area contributed by atoms with Crippen LogP contribution in [0.5, 0.6) is 0 Å². The maximum atomic E-state index is 12.2. The number of carbonyl (C=O) groups is 1. The summed E-state index contributed by atoms with van der Waals surface area (Å²) in [5, 5.41) is 10.2. The van der Waals surface area contributed by atoms with Crippen molar-refractivity contribution in [3.8, 4) is 0 Å². The molecule has 0 saturated carbocycles. The van der Waals surface area contributed by atoms with Crippen molar-refractivity contribution in [1.82, 2.24) is 4.57 Å². The smallest absolute Gasteiger partial charge is 0.418 e. The Labute approximate surface area is 113 Å². The largest absolute Gasteiger partial charge is 0.449 e. The fourth-order valence-electron chi connectivity index (χ4n) is 1.96. The van der Waals surface area contributed by atoms with Gasteiger partial charge in [0.2, 0.25) is 0 Å². The maximum Gasteiger partial charge on any atom is 0.418 e. The SMILES string of the molecule is Cc1ccc2c(c1)cc([B]O)n2C(=O)OC(C)(C)C. The van der Waals surface area contributed by atoms with Gasteiger partial charge in [0, 0.05) is 5.59 Å². The van der Waals surface area contributed by atoms with Crippen LogP contribution in [-0.4, -0.2) is 28.8 Å². The van der Waals surface area contributed by atoms with Crippen molar-refractivity contribution < 1.29 is 14.6 Å². The van der Waals surface area contributed by atoms with Gasteiger partial charge in [-0.3, -0.25) is 4.57 Å². The van der Waals surface area contributed by atoms with Gasteiger partial charge in [0.1, 0.15) is 5.60 Å². The first kappa shape index (κ1) is 13.7. The minimum atomic E-state index is -0.578. The van der Waals surface area contributed by atoms with E-state index in [1.54, 1.807) is 6.07 Å². The molecule has 2 aromatic rings. The van der Waals surface area contributed by atoms with E-state index in [4.69, 9.17) is 4.74 Å². The molecule has 99 valence electrons. The molecule has 19 heavy (non-hydrogen) atoms. The summed E-state index contributed by atoms with van der Waals surface area (Å²) in [6.07, 6.45) is -0.494. The van der Waals surface area contributed by atoms with E-state index in [1.807, 2.05) is 45.9 Å². The lowest BCUT2D eigenvalue weighted by atomic mass is 9.96. The lowest BCUT2D eigenvalue weighted by Gasteiger charge is -2.20. The van der Waals surface area contributed by atoms with E-state index >= 15 is 0 Å². The van der Waals surface area contributed by atoms with Crippen molar-refractivity contribution in [3.05, 3.63) is 29.8 Å². The van der Waals surface area contributed by atoms with E-state index in [-0.39, 0.29) is 0 Å². The summed E-state index contributed by atoms with van der Waals surface area (Å²) in [4.78, 5) is 12.2. The third kappa shape index (κ3) is 2.81. The molecule has 0 saturated heterocycles. The standard InChI is InChI=1S/C14H17BNO3/c1-9-5-6-11-10(7-9)8-12(15-18)16(11)13(17)19-14(2,3)4/h5-8,18H,1-4H3. The van der Waals surface area contributed by atoms with Crippen LogP contribution in [0.2, 0.25) is 0 Å². The summed E-state index contributed by atoms with van der Waals surface area (Å²) in [7, 11) is 0.916. The lowest BCUT2D eigenvalue weighted by molar-refractivity contribution is 0.0549. The number of ether oxygens (including phenoxy) is 1. The van der Waals surface area contributed by atoms with Crippen molar-refractivity contribution in [2.75, 3.05) is 0 Å². The fraction of sp³-hybridized carbons (Fsp3) is 0.357. The first-order chi connectivity index (χ1) is 8.81. The molecule has 0 unspecified atom stereocenters. The van der Waals surface area contributed by atoms with E-state index in [2.05, 4.69) is 0 Å². The Kier molecular flexibility index (Phi) is 3.41. The number of carbonyl (C=O) groups excluding carboxylic acids is 1. The van der Waals surface area contributed by atoms with Crippen molar-refractivity contribution >= 4 is 30.1 Å². The van der Waals surface area contributed by atoms with E-state index in [0.29, 0.717) is 5.59 Å². The van der Waals surface area contributed by atoms with Gasteiger partial charge in [-0.2, -0.15) is 0 Å². The number of rotatable bonds is 1. The van der Waals surface area contributed by atoms with Gasteiger partial charge in [-0.25, -0.2) is 4.79 Å². The molecule has 0 bridgehead atoms. The molecule has 1 N–H and O–H groups in total. The Balaban J connectivity index is 2.54. The van der Waals surface area contributed by atoms with Crippen LogP contribution in [0, 0.1) is 6.92 Å². The average Bonchev–Trinajstić information content (AvgIpc) is 2.63. The van der Waals surface area contributed by atoms with Gasteiger partial charge in [-0.15, -0.1) is 0 Å². The van der Waals surface area contributed by atoms with Gasteiger partial charge < -0.3 is 9.76 Å². The predicted octanol–water partition coefficient (Wildman–Crippen LogP) is 1.97. The minimum Gasteiger partial charge on any atom is -0.449 e. The number of benzene rings is 1. The van der Waals surface area contributed by atoms with Gasteiger partial charge in [-0.05, 0) is 51.3 Å². The highest BCUT2D eigenvalue weighted by molar-refractivity contribution is 6.46. The lowest BCUT2D eigenvalue weighted by Crippen LogP contribution is -2.34. The highest BCUT2D eigenvalue weighted by Gasteiger charge is 2.22. The van der Waals surface area contributed by atoms with Crippen LogP contribution in [0.4, 0.5) is 4.79 Å². The number of aromatic nitrogens is 1. The van der Waals surface area contributed by atoms with Crippen LogP contribution >= 0.6 is 0 Å². The topological polar surface area (TPSA) is 51.5 Å². The van der Waals surface area contributed by atoms with Crippen LogP contribution in [0.1, 0.15) is 26.3 Å². The zero-order chi connectivity index (χ0) is 14.2. The molecule has 5 heteroatoms. The second-order valence-corrected chi connectivity index (χ2v) is 5.58. The summed E-state index contributed by atoms with van der Waals surface area (Å²) in [6, 6.07) is 7.49. The quantitative estimate of drug-likeness (QED) is 0.795. The molecule has 0 atom stereocenters. The highest BCUT2D eigenvalue weighted by atomic mass is 16.6. The van der Waals surface area contributed by atoms with Crippen molar-refractivity contribution in [1.29, 1.82) is 0 Å². The molecule has 1 heterocycles. The zero-order valence-corrected chi connectivity index (χ0v) is 11.6. The van der Waals surface area contributed by atoms with E-state index in [9.17, 15) is 9.82 Å². The summed E-state index contributed by atoms with van der Waals surface area (Å²) in [6.45, 7) is 7.40. The molecule has 0 aliphatic carbocycles. The number of fused-ring (bicyclic) bond motifs is 1.